The molecule has 0 spiro atoms. The lowest BCUT2D eigenvalue weighted by Crippen LogP contribution is -2.56. The number of nitrogens with one attached hydrogen (secondary N) is 1. The van der Waals surface area contributed by atoms with Gasteiger partial charge in [0.05, 0.1) is 11.9 Å². The van der Waals surface area contributed by atoms with Crippen LogP contribution in [-0.2, 0) is 32.6 Å². The van der Waals surface area contributed by atoms with E-state index in [-0.39, 0.29) is 24.6 Å². The van der Waals surface area contributed by atoms with Gasteiger partial charge in [0.2, 0.25) is 21.8 Å². The molecule has 0 radical (unpaired) electrons. The molecule has 3 rings (SSSR count). The van der Waals surface area contributed by atoms with Gasteiger partial charge in [-0.05, 0) is 50.1 Å². The molecule has 0 saturated carbocycles. The van der Waals surface area contributed by atoms with Crippen LogP contribution in [0.3, 0.4) is 0 Å². The van der Waals surface area contributed by atoms with E-state index in [2.05, 4.69) is 5.32 Å². The van der Waals surface area contributed by atoms with Gasteiger partial charge in [-0.15, -0.1) is 0 Å². The van der Waals surface area contributed by atoms with Crippen LogP contribution in [0, 0.1) is 5.82 Å². The highest BCUT2D eigenvalue weighted by Gasteiger charge is 2.34. The standard InChI is InChI=1S/C29H34FN3O4S/c1-29(2,3)31-28(35)26(18-22-12-7-5-8-13-22)32(20-23-14-9-6-10-15-23)27(34)21-33(38(4,36)37)25-17-11-16-24(30)19-25/h5-17,19,26H,18,20-21H2,1-4H3,(H,31,35)/t26-/m0/s1. The van der Waals surface area contributed by atoms with Gasteiger partial charge in [-0.1, -0.05) is 66.7 Å². The summed E-state index contributed by atoms with van der Waals surface area (Å²) in [6.07, 6.45) is 1.18. The molecule has 1 atom stereocenters. The highest BCUT2D eigenvalue weighted by molar-refractivity contribution is 7.92. The molecule has 202 valence electrons. The molecular weight excluding hydrogens is 505 g/mol. The third-order valence-corrected chi connectivity index (χ3v) is 6.88. The second-order valence-corrected chi connectivity index (χ2v) is 12.1. The van der Waals surface area contributed by atoms with Crippen molar-refractivity contribution in [3.63, 3.8) is 0 Å². The van der Waals surface area contributed by atoms with E-state index in [1.807, 2.05) is 81.4 Å². The Kier molecular flexibility index (Phi) is 9.27. The maximum absolute atomic E-state index is 14.0. The summed E-state index contributed by atoms with van der Waals surface area (Å²) in [6.45, 7) is 5.04. The molecule has 3 aromatic rings. The first kappa shape index (κ1) is 28.8. The minimum atomic E-state index is -3.95. The highest BCUT2D eigenvalue weighted by atomic mass is 32.2. The number of nitrogens with zero attached hydrogens (tertiary/aromatic N) is 2. The van der Waals surface area contributed by atoms with E-state index in [4.69, 9.17) is 0 Å². The third kappa shape index (κ3) is 8.41. The molecule has 0 saturated heterocycles. The summed E-state index contributed by atoms with van der Waals surface area (Å²) in [6, 6.07) is 22.6. The predicted molar refractivity (Wildman–Crippen MR) is 147 cm³/mol. The number of carbonyl (C=O) groups is 2. The van der Waals surface area contributed by atoms with Crippen molar-refractivity contribution in [3.8, 4) is 0 Å². The van der Waals surface area contributed by atoms with Crippen molar-refractivity contribution in [3.05, 3.63) is 102 Å². The minimum absolute atomic E-state index is 0.0271. The summed E-state index contributed by atoms with van der Waals surface area (Å²) in [5.74, 6) is -1.58. The van der Waals surface area contributed by atoms with Crippen LogP contribution >= 0.6 is 0 Å². The Hall–Kier alpha value is -3.72. The molecule has 2 amide bonds. The molecule has 38 heavy (non-hydrogen) atoms. The van der Waals surface area contributed by atoms with E-state index in [0.717, 1.165) is 27.8 Å². The average Bonchev–Trinajstić information content (AvgIpc) is 2.84. The molecule has 0 aliphatic heterocycles. The molecule has 0 fully saturated rings. The van der Waals surface area contributed by atoms with Crippen LogP contribution in [0.4, 0.5) is 10.1 Å². The summed E-state index contributed by atoms with van der Waals surface area (Å²) >= 11 is 0. The summed E-state index contributed by atoms with van der Waals surface area (Å²) < 4.78 is 40.2. The van der Waals surface area contributed by atoms with Crippen LogP contribution in [0.25, 0.3) is 0 Å². The van der Waals surface area contributed by atoms with Crippen molar-refractivity contribution in [2.45, 2.75) is 45.3 Å². The van der Waals surface area contributed by atoms with Crippen LogP contribution in [0.5, 0.6) is 0 Å². The Morgan fingerprint density at radius 2 is 1.47 bits per heavy atom. The number of benzene rings is 3. The topological polar surface area (TPSA) is 86.8 Å². The van der Waals surface area contributed by atoms with Gasteiger partial charge in [-0.25, -0.2) is 12.8 Å². The fourth-order valence-corrected chi connectivity index (χ4v) is 4.87. The molecule has 1 N–H and O–H groups in total. The zero-order chi connectivity index (χ0) is 27.9. The summed E-state index contributed by atoms with van der Waals surface area (Å²) in [4.78, 5) is 28.9. The number of anilines is 1. The van der Waals surface area contributed by atoms with E-state index < -0.39 is 39.9 Å². The predicted octanol–water partition coefficient (Wildman–Crippen LogP) is 4.15. The number of carbonyl (C=O) groups excluding carboxylic acids is 2. The zero-order valence-corrected chi connectivity index (χ0v) is 22.9. The number of hydrogen-bond donors (Lipinski definition) is 1. The normalized spacial score (nSPS) is 12.4. The first-order valence-corrected chi connectivity index (χ1v) is 14.1. The Labute approximate surface area is 224 Å². The van der Waals surface area contributed by atoms with Crippen LogP contribution in [0.1, 0.15) is 31.9 Å². The number of rotatable bonds is 10. The van der Waals surface area contributed by atoms with Gasteiger partial charge < -0.3 is 10.2 Å². The van der Waals surface area contributed by atoms with Crippen molar-refractivity contribution < 1.29 is 22.4 Å². The van der Waals surface area contributed by atoms with Crippen molar-refractivity contribution in [1.82, 2.24) is 10.2 Å². The molecule has 0 unspecified atom stereocenters. The van der Waals surface area contributed by atoms with Gasteiger partial charge >= 0.3 is 0 Å². The molecule has 7 nitrogen and oxygen atoms in total. The van der Waals surface area contributed by atoms with Crippen LogP contribution < -0.4 is 9.62 Å². The van der Waals surface area contributed by atoms with E-state index in [1.54, 1.807) is 0 Å². The van der Waals surface area contributed by atoms with Gasteiger partial charge in [0.15, 0.2) is 0 Å². The van der Waals surface area contributed by atoms with Crippen LogP contribution in [-0.4, -0.2) is 49.5 Å². The Balaban J connectivity index is 2.05. The fraction of sp³-hybridized carbons (Fsp3) is 0.310. The van der Waals surface area contributed by atoms with Crippen molar-refractivity contribution in [2.75, 3.05) is 17.1 Å². The number of halogens is 1. The quantitative estimate of drug-likeness (QED) is 0.420. The lowest BCUT2D eigenvalue weighted by molar-refractivity contribution is -0.140. The molecule has 0 heterocycles. The van der Waals surface area contributed by atoms with Gasteiger partial charge in [0.25, 0.3) is 0 Å². The maximum Gasteiger partial charge on any atom is 0.244 e. The SMILES string of the molecule is CC(C)(C)NC(=O)[C@H](Cc1ccccc1)N(Cc1ccccc1)C(=O)CN(c1cccc(F)c1)S(C)(=O)=O. The first-order valence-electron chi connectivity index (χ1n) is 12.3. The molecule has 3 aromatic carbocycles. The van der Waals surface area contributed by atoms with Crippen molar-refractivity contribution >= 4 is 27.5 Å². The van der Waals surface area contributed by atoms with E-state index in [1.165, 1.54) is 23.1 Å². The highest BCUT2D eigenvalue weighted by Crippen LogP contribution is 2.21. The lowest BCUT2D eigenvalue weighted by atomic mass is 10.0. The Bertz CT molecular complexity index is 1340. The number of amides is 2. The van der Waals surface area contributed by atoms with Gasteiger partial charge in [-0.3, -0.25) is 13.9 Å². The van der Waals surface area contributed by atoms with Crippen molar-refractivity contribution in [2.24, 2.45) is 0 Å². The average molecular weight is 540 g/mol. The van der Waals surface area contributed by atoms with Gasteiger partial charge in [0, 0.05) is 18.5 Å². The first-order chi connectivity index (χ1) is 17.8. The van der Waals surface area contributed by atoms with E-state index in [9.17, 15) is 22.4 Å². The summed E-state index contributed by atoms with van der Waals surface area (Å²) in [5.41, 5.74) is 1.09. The molecule has 9 heteroatoms. The van der Waals surface area contributed by atoms with Gasteiger partial charge in [0.1, 0.15) is 18.4 Å². The molecule has 0 aliphatic carbocycles. The third-order valence-electron chi connectivity index (χ3n) is 5.74. The van der Waals surface area contributed by atoms with Crippen LogP contribution in [0.2, 0.25) is 0 Å². The number of hydrogen-bond acceptors (Lipinski definition) is 4. The van der Waals surface area contributed by atoms with Crippen molar-refractivity contribution in [1.29, 1.82) is 0 Å². The molecule has 0 bridgehead atoms. The van der Waals surface area contributed by atoms with E-state index in [0.29, 0.717) is 0 Å². The largest absolute Gasteiger partial charge is 0.350 e. The molecule has 0 aromatic heterocycles. The second-order valence-electron chi connectivity index (χ2n) is 10.2. The smallest absolute Gasteiger partial charge is 0.244 e. The van der Waals surface area contributed by atoms with Crippen LogP contribution in [0.15, 0.2) is 84.9 Å². The molecular formula is C29H34FN3O4S. The number of sulfonamides is 1. The molecule has 0 aliphatic rings. The monoisotopic (exact) mass is 539 g/mol. The Morgan fingerprint density at radius 1 is 0.895 bits per heavy atom. The Morgan fingerprint density at radius 3 is 2.00 bits per heavy atom. The maximum atomic E-state index is 14.0. The minimum Gasteiger partial charge on any atom is -0.350 e. The second kappa shape index (κ2) is 12.2. The fourth-order valence-electron chi connectivity index (χ4n) is 4.03. The van der Waals surface area contributed by atoms with Gasteiger partial charge in [-0.2, -0.15) is 0 Å². The lowest BCUT2D eigenvalue weighted by Gasteiger charge is -2.35. The summed E-state index contributed by atoms with van der Waals surface area (Å²) in [7, 11) is -3.95. The summed E-state index contributed by atoms with van der Waals surface area (Å²) in [5, 5.41) is 2.97. The zero-order valence-electron chi connectivity index (χ0n) is 22.1. The van der Waals surface area contributed by atoms with E-state index >= 15 is 0 Å².